The molecule has 0 aromatic carbocycles. The van der Waals surface area contributed by atoms with Crippen LogP contribution in [0.3, 0.4) is 0 Å². The molecule has 0 aromatic rings. The summed E-state index contributed by atoms with van der Waals surface area (Å²) >= 11 is 0. The van der Waals surface area contributed by atoms with Gasteiger partial charge in [-0.15, -0.1) is 0 Å². The molecular formula is C13H36N2O. The number of hydrogen-bond acceptors (Lipinski definition) is 3. The average molecular weight is 236 g/mol. The van der Waals surface area contributed by atoms with Crippen LogP contribution >= 0.6 is 0 Å². The van der Waals surface area contributed by atoms with Crippen molar-refractivity contribution in [2.45, 2.75) is 66.8 Å². The van der Waals surface area contributed by atoms with Crippen molar-refractivity contribution in [2.75, 3.05) is 6.54 Å². The average Bonchev–Trinajstić information content (AvgIpc) is 2.33. The topological polar surface area (TPSA) is 69.1 Å². The van der Waals surface area contributed by atoms with Gasteiger partial charge in [0.05, 0.1) is 6.04 Å². The molecule has 16 heavy (non-hydrogen) atoms. The Labute approximate surface area is 105 Å². The summed E-state index contributed by atoms with van der Waals surface area (Å²) in [5.74, 6) is 0.213. The van der Waals surface area contributed by atoms with Gasteiger partial charge >= 0.3 is 0 Å². The fraction of sp³-hybridized carbons (Fsp3) is 0.923. The van der Waals surface area contributed by atoms with Crippen LogP contribution in [-0.4, -0.2) is 18.4 Å². The Morgan fingerprint density at radius 1 is 1.12 bits per heavy atom. The van der Waals surface area contributed by atoms with Gasteiger partial charge in [0.25, 0.3) is 0 Å². The van der Waals surface area contributed by atoms with Crippen molar-refractivity contribution >= 4 is 5.78 Å². The maximum atomic E-state index is 11.3. The lowest BCUT2D eigenvalue weighted by atomic mass is 9.98. The summed E-state index contributed by atoms with van der Waals surface area (Å²) < 4.78 is 0. The minimum atomic E-state index is -0.281. The zero-order valence-corrected chi connectivity index (χ0v) is 12.0. The van der Waals surface area contributed by atoms with Crippen LogP contribution in [0.1, 0.15) is 63.7 Å². The molecule has 0 bridgehead atoms. The molecule has 0 amide bonds. The molecule has 4 N–H and O–H groups in total. The van der Waals surface area contributed by atoms with Crippen LogP contribution in [-0.2, 0) is 4.79 Å². The number of unbranched alkanes of at least 4 members (excludes halogenated alkanes) is 1. The molecule has 0 radical (unpaired) electrons. The maximum Gasteiger partial charge on any atom is 0.152 e. The molecule has 3 nitrogen and oxygen atoms in total. The molecule has 0 saturated heterocycles. The molecule has 1 unspecified atom stereocenters. The Morgan fingerprint density at radius 2 is 1.56 bits per heavy atom. The van der Waals surface area contributed by atoms with Crippen LogP contribution in [0.2, 0.25) is 0 Å². The summed E-state index contributed by atoms with van der Waals surface area (Å²) in [7, 11) is 0. The lowest BCUT2D eigenvalue weighted by molar-refractivity contribution is -0.123. The lowest BCUT2D eigenvalue weighted by Crippen LogP contribution is -2.33. The first-order valence-electron chi connectivity index (χ1n) is 6.59. The second kappa shape index (κ2) is 17.0. The normalized spacial score (nSPS) is 10.8. The summed E-state index contributed by atoms with van der Waals surface area (Å²) in [5.41, 5.74) is 11.0. The van der Waals surface area contributed by atoms with E-state index in [1.54, 1.807) is 0 Å². The monoisotopic (exact) mass is 236 g/mol. The first kappa shape index (κ1) is 20.9. The molecule has 0 saturated carbocycles. The molecule has 0 spiro atoms. The third-order valence-corrected chi connectivity index (χ3v) is 1.90. The number of Topliss-reactive ketones (excluding diaryl/α,β-unsaturated/α-hetero) is 1. The van der Waals surface area contributed by atoms with Gasteiger partial charge in [-0.1, -0.05) is 48.0 Å². The van der Waals surface area contributed by atoms with Gasteiger partial charge in [0.2, 0.25) is 0 Å². The van der Waals surface area contributed by atoms with Crippen molar-refractivity contribution in [3.63, 3.8) is 0 Å². The summed E-state index contributed by atoms with van der Waals surface area (Å²) in [6, 6.07) is -0.281. The molecule has 0 aromatic heterocycles. The number of nitrogens with two attached hydrogens (primary N) is 2. The molecule has 0 aliphatic rings. The smallest absolute Gasteiger partial charge is 0.152 e. The van der Waals surface area contributed by atoms with Gasteiger partial charge < -0.3 is 11.5 Å². The molecule has 0 heterocycles. The van der Waals surface area contributed by atoms with E-state index < -0.39 is 0 Å². The van der Waals surface area contributed by atoms with E-state index in [4.69, 9.17) is 11.5 Å². The highest BCUT2D eigenvalue weighted by atomic mass is 16.1. The standard InChI is InChI=1S/C9H20N2O.2C2H6.2H2/c1-7(2)9(12)8(11)5-3-4-6-10;2*1-2;;/h7-8H,3-6,10-11H2,1-2H3;2*1-2H3;2*1H. The lowest BCUT2D eigenvalue weighted by Gasteiger charge is -2.12. The molecule has 0 rings (SSSR count). The Hall–Kier alpha value is -0.410. The van der Waals surface area contributed by atoms with E-state index in [0.717, 1.165) is 19.3 Å². The number of rotatable bonds is 6. The van der Waals surface area contributed by atoms with E-state index >= 15 is 0 Å². The zero-order valence-electron chi connectivity index (χ0n) is 12.0. The fourth-order valence-electron chi connectivity index (χ4n) is 1.08. The van der Waals surface area contributed by atoms with Crippen molar-refractivity contribution in [2.24, 2.45) is 17.4 Å². The summed E-state index contributed by atoms with van der Waals surface area (Å²) in [6.07, 6.45) is 2.68. The minimum absolute atomic E-state index is 0. The third kappa shape index (κ3) is 13.6. The Morgan fingerprint density at radius 3 is 1.88 bits per heavy atom. The van der Waals surface area contributed by atoms with Gasteiger partial charge in [-0.2, -0.15) is 0 Å². The first-order chi connectivity index (χ1) is 7.59. The van der Waals surface area contributed by atoms with E-state index in [1.165, 1.54) is 0 Å². The first-order valence-corrected chi connectivity index (χ1v) is 6.59. The second-order valence-corrected chi connectivity index (χ2v) is 3.45. The largest absolute Gasteiger partial charge is 0.330 e. The highest BCUT2D eigenvalue weighted by Crippen LogP contribution is 2.04. The second-order valence-electron chi connectivity index (χ2n) is 3.45. The van der Waals surface area contributed by atoms with Crippen molar-refractivity contribution < 1.29 is 7.65 Å². The molecule has 0 aliphatic heterocycles. The van der Waals surface area contributed by atoms with Crippen LogP contribution in [0.4, 0.5) is 0 Å². The predicted molar refractivity (Wildman–Crippen MR) is 77.6 cm³/mol. The highest BCUT2D eigenvalue weighted by Gasteiger charge is 2.15. The van der Waals surface area contributed by atoms with Crippen LogP contribution in [0, 0.1) is 5.92 Å². The van der Waals surface area contributed by atoms with Gasteiger partial charge in [-0.25, -0.2) is 0 Å². The van der Waals surface area contributed by atoms with Crippen molar-refractivity contribution in [1.82, 2.24) is 0 Å². The summed E-state index contributed by atoms with van der Waals surface area (Å²) in [4.78, 5) is 11.3. The van der Waals surface area contributed by atoms with Crippen LogP contribution in [0.15, 0.2) is 0 Å². The zero-order chi connectivity index (χ0) is 13.6. The predicted octanol–water partition coefficient (Wildman–Crippen LogP) is 3.21. The summed E-state index contributed by atoms with van der Waals surface area (Å²) in [5, 5.41) is 0. The van der Waals surface area contributed by atoms with Crippen LogP contribution < -0.4 is 11.5 Å². The molecule has 3 heteroatoms. The quantitative estimate of drug-likeness (QED) is 0.696. The van der Waals surface area contributed by atoms with Gasteiger partial charge in [0.15, 0.2) is 5.78 Å². The van der Waals surface area contributed by atoms with E-state index in [1.807, 2.05) is 41.5 Å². The summed E-state index contributed by atoms with van der Waals surface area (Å²) in [6.45, 7) is 12.4. The van der Waals surface area contributed by atoms with Gasteiger partial charge in [-0.05, 0) is 19.4 Å². The number of carbonyl (C=O) groups excluding carboxylic acids is 1. The number of ketones is 1. The van der Waals surface area contributed by atoms with E-state index in [-0.39, 0.29) is 20.6 Å². The molecule has 1 atom stereocenters. The molecule has 104 valence electrons. The van der Waals surface area contributed by atoms with Crippen LogP contribution in [0.25, 0.3) is 0 Å². The number of carbonyl (C=O) groups is 1. The van der Waals surface area contributed by atoms with E-state index in [9.17, 15) is 4.79 Å². The third-order valence-electron chi connectivity index (χ3n) is 1.90. The van der Waals surface area contributed by atoms with E-state index in [2.05, 4.69) is 0 Å². The Kier molecular flexibility index (Phi) is 22.2. The van der Waals surface area contributed by atoms with Crippen molar-refractivity contribution in [3.8, 4) is 0 Å². The molecule has 0 fully saturated rings. The van der Waals surface area contributed by atoms with Gasteiger partial charge in [0, 0.05) is 8.77 Å². The van der Waals surface area contributed by atoms with Gasteiger partial charge in [0.1, 0.15) is 0 Å². The van der Waals surface area contributed by atoms with Crippen molar-refractivity contribution in [3.05, 3.63) is 0 Å². The molecular weight excluding hydrogens is 200 g/mol. The highest BCUT2D eigenvalue weighted by molar-refractivity contribution is 5.85. The SMILES string of the molecule is CC.CC.CC(C)C(=O)C(N)CCCCN.[HH].[HH]. The molecule has 0 aliphatic carbocycles. The Balaban J connectivity index is -0.0000000849. The van der Waals surface area contributed by atoms with E-state index in [0.29, 0.717) is 6.54 Å². The van der Waals surface area contributed by atoms with Crippen molar-refractivity contribution in [1.29, 1.82) is 0 Å². The Bertz CT molecular complexity index is 145. The maximum absolute atomic E-state index is 11.3. The van der Waals surface area contributed by atoms with Gasteiger partial charge in [-0.3, -0.25) is 4.79 Å². The number of hydrogen-bond donors (Lipinski definition) is 2. The minimum Gasteiger partial charge on any atom is -0.330 e. The fourth-order valence-corrected chi connectivity index (χ4v) is 1.08. The van der Waals surface area contributed by atoms with Crippen LogP contribution in [0.5, 0.6) is 0 Å².